The lowest BCUT2D eigenvalue weighted by atomic mass is 10.2. The zero-order valence-corrected chi connectivity index (χ0v) is 13.6. The number of rotatable bonds is 6. The highest BCUT2D eigenvalue weighted by atomic mass is 35.5. The fraction of sp³-hybridized carbons (Fsp3) is 0.571. The molecular formula is C14H21ClN2O3S. The van der Waals surface area contributed by atoms with Gasteiger partial charge in [-0.2, -0.15) is 0 Å². The molecule has 0 radical (unpaired) electrons. The van der Waals surface area contributed by atoms with Crippen LogP contribution in [-0.2, 0) is 16.6 Å². The zero-order chi connectivity index (χ0) is 15.5. The predicted octanol–water partition coefficient (Wildman–Crippen LogP) is 1.59. The number of hydrogen-bond donors (Lipinski definition) is 2. The van der Waals surface area contributed by atoms with E-state index in [0.717, 1.165) is 25.9 Å². The lowest BCUT2D eigenvalue weighted by molar-refractivity contribution is 0.268. The summed E-state index contributed by atoms with van der Waals surface area (Å²) >= 11 is 5.98. The van der Waals surface area contributed by atoms with E-state index in [9.17, 15) is 8.42 Å². The van der Waals surface area contributed by atoms with Gasteiger partial charge >= 0.3 is 0 Å². The van der Waals surface area contributed by atoms with Crippen LogP contribution in [-0.4, -0.2) is 44.1 Å². The van der Waals surface area contributed by atoms with Crippen LogP contribution in [0.3, 0.4) is 0 Å². The van der Waals surface area contributed by atoms with Gasteiger partial charge in [0.2, 0.25) is 10.0 Å². The minimum Gasteiger partial charge on any atom is -0.392 e. The SMILES string of the molecule is CCN1CCCC1CNS(=O)(=O)c1cc(CO)ccc1Cl. The summed E-state index contributed by atoms with van der Waals surface area (Å²) in [6.07, 6.45) is 2.10. The lowest BCUT2D eigenvalue weighted by Crippen LogP contribution is -2.40. The number of sulfonamides is 1. The normalized spacial score (nSPS) is 20.0. The Morgan fingerprint density at radius 2 is 2.24 bits per heavy atom. The van der Waals surface area contributed by atoms with Crippen LogP contribution in [0.4, 0.5) is 0 Å². The minimum absolute atomic E-state index is 0.0248. The van der Waals surface area contributed by atoms with Gasteiger partial charge in [0.15, 0.2) is 0 Å². The second-order valence-electron chi connectivity index (χ2n) is 5.20. The molecule has 1 unspecified atom stereocenters. The first-order valence-electron chi connectivity index (χ1n) is 7.11. The first-order valence-corrected chi connectivity index (χ1v) is 8.97. The van der Waals surface area contributed by atoms with Crippen molar-refractivity contribution in [3.8, 4) is 0 Å². The Hall–Kier alpha value is -0.660. The highest BCUT2D eigenvalue weighted by molar-refractivity contribution is 7.89. The molecule has 21 heavy (non-hydrogen) atoms. The van der Waals surface area contributed by atoms with Gasteiger partial charge in [-0.3, -0.25) is 4.90 Å². The number of hydrogen-bond acceptors (Lipinski definition) is 4. The number of nitrogens with zero attached hydrogens (tertiary/aromatic N) is 1. The molecule has 0 saturated carbocycles. The van der Waals surface area contributed by atoms with Crippen molar-refractivity contribution in [1.29, 1.82) is 0 Å². The molecule has 2 N–H and O–H groups in total. The molecule has 0 aromatic heterocycles. The molecule has 7 heteroatoms. The average molecular weight is 333 g/mol. The molecule has 0 aliphatic carbocycles. The molecule has 1 aliphatic rings. The molecule has 2 rings (SSSR count). The fourth-order valence-electron chi connectivity index (χ4n) is 2.68. The van der Waals surface area contributed by atoms with E-state index >= 15 is 0 Å². The Kier molecular flexibility index (Phi) is 5.62. The van der Waals surface area contributed by atoms with E-state index in [1.54, 1.807) is 6.07 Å². The van der Waals surface area contributed by atoms with Crippen molar-refractivity contribution in [2.75, 3.05) is 19.6 Å². The number of likely N-dealkylation sites (N-methyl/N-ethyl adjacent to an activating group) is 1. The molecule has 1 aromatic rings. The van der Waals surface area contributed by atoms with Crippen molar-refractivity contribution < 1.29 is 13.5 Å². The third-order valence-corrected chi connectivity index (χ3v) is 5.79. The Morgan fingerprint density at radius 3 is 2.90 bits per heavy atom. The number of aliphatic hydroxyl groups excluding tert-OH is 1. The van der Waals surface area contributed by atoms with E-state index < -0.39 is 10.0 Å². The summed E-state index contributed by atoms with van der Waals surface area (Å²) in [5.74, 6) is 0. The van der Waals surface area contributed by atoms with Crippen molar-refractivity contribution >= 4 is 21.6 Å². The molecular weight excluding hydrogens is 312 g/mol. The third-order valence-electron chi connectivity index (χ3n) is 3.88. The second kappa shape index (κ2) is 7.07. The van der Waals surface area contributed by atoms with E-state index in [-0.39, 0.29) is 22.6 Å². The maximum absolute atomic E-state index is 12.4. The largest absolute Gasteiger partial charge is 0.392 e. The summed E-state index contributed by atoms with van der Waals surface area (Å²) < 4.78 is 27.4. The van der Waals surface area contributed by atoms with Crippen molar-refractivity contribution in [2.45, 2.75) is 37.3 Å². The minimum atomic E-state index is -3.66. The van der Waals surface area contributed by atoms with Crippen molar-refractivity contribution in [2.24, 2.45) is 0 Å². The van der Waals surface area contributed by atoms with Crippen molar-refractivity contribution in [3.63, 3.8) is 0 Å². The Morgan fingerprint density at radius 1 is 1.48 bits per heavy atom. The number of benzene rings is 1. The van der Waals surface area contributed by atoms with Gasteiger partial charge in [0.05, 0.1) is 11.6 Å². The maximum atomic E-state index is 12.4. The van der Waals surface area contributed by atoms with E-state index in [2.05, 4.69) is 16.5 Å². The standard InChI is InChI=1S/C14H21ClN2O3S/c1-2-17-7-3-4-12(17)9-16-21(19,20)14-8-11(10-18)5-6-13(14)15/h5-6,8,12,16,18H,2-4,7,9-10H2,1H3. The molecule has 5 nitrogen and oxygen atoms in total. The molecule has 1 aromatic carbocycles. The summed E-state index contributed by atoms with van der Waals surface area (Å²) in [7, 11) is -3.66. The van der Waals surface area contributed by atoms with Gasteiger partial charge in [0, 0.05) is 12.6 Å². The van der Waals surface area contributed by atoms with Crippen molar-refractivity contribution in [3.05, 3.63) is 28.8 Å². The van der Waals surface area contributed by atoms with Crippen LogP contribution in [0.15, 0.2) is 23.1 Å². The van der Waals surface area contributed by atoms with Gasteiger partial charge in [-0.05, 0) is 43.6 Å². The number of halogens is 1. The lowest BCUT2D eigenvalue weighted by Gasteiger charge is -2.23. The quantitative estimate of drug-likeness (QED) is 0.830. The summed E-state index contributed by atoms with van der Waals surface area (Å²) in [6, 6.07) is 4.76. The Labute approximate surface area is 131 Å². The summed E-state index contributed by atoms with van der Waals surface area (Å²) in [5.41, 5.74) is 0.524. The molecule has 1 fully saturated rings. The Bertz CT molecular complexity index is 592. The van der Waals surface area contributed by atoms with Crippen LogP contribution >= 0.6 is 11.6 Å². The molecule has 1 atom stereocenters. The first-order chi connectivity index (χ1) is 9.97. The molecule has 0 amide bonds. The molecule has 0 bridgehead atoms. The molecule has 0 spiro atoms. The second-order valence-corrected chi connectivity index (χ2v) is 7.34. The van der Waals surface area contributed by atoms with E-state index in [1.165, 1.54) is 12.1 Å². The van der Waals surface area contributed by atoms with Crippen LogP contribution < -0.4 is 4.72 Å². The monoisotopic (exact) mass is 332 g/mol. The Balaban J connectivity index is 2.11. The average Bonchev–Trinajstić information content (AvgIpc) is 2.93. The number of aliphatic hydroxyl groups is 1. The zero-order valence-electron chi connectivity index (χ0n) is 12.0. The van der Waals surface area contributed by atoms with Crippen LogP contribution in [0.1, 0.15) is 25.3 Å². The molecule has 1 heterocycles. The van der Waals surface area contributed by atoms with E-state index in [0.29, 0.717) is 12.1 Å². The highest BCUT2D eigenvalue weighted by Crippen LogP contribution is 2.23. The van der Waals surface area contributed by atoms with Crippen LogP contribution in [0, 0.1) is 0 Å². The van der Waals surface area contributed by atoms with E-state index in [4.69, 9.17) is 16.7 Å². The van der Waals surface area contributed by atoms with Gasteiger partial charge in [-0.15, -0.1) is 0 Å². The van der Waals surface area contributed by atoms with Gasteiger partial charge in [0.25, 0.3) is 0 Å². The van der Waals surface area contributed by atoms with Crippen molar-refractivity contribution in [1.82, 2.24) is 9.62 Å². The highest BCUT2D eigenvalue weighted by Gasteiger charge is 2.26. The van der Waals surface area contributed by atoms with E-state index in [1.807, 2.05) is 0 Å². The number of nitrogens with one attached hydrogen (secondary N) is 1. The summed E-state index contributed by atoms with van der Waals surface area (Å²) in [4.78, 5) is 2.30. The smallest absolute Gasteiger partial charge is 0.242 e. The molecule has 1 aliphatic heterocycles. The van der Waals surface area contributed by atoms with Gasteiger partial charge in [0.1, 0.15) is 4.90 Å². The topological polar surface area (TPSA) is 69.6 Å². The third kappa shape index (κ3) is 3.96. The van der Waals surface area contributed by atoms with Crippen LogP contribution in [0.2, 0.25) is 5.02 Å². The van der Waals surface area contributed by atoms with Gasteiger partial charge in [-0.1, -0.05) is 24.6 Å². The van der Waals surface area contributed by atoms with Crippen LogP contribution in [0.25, 0.3) is 0 Å². The van der Waals surface area contributed by atoms with Gasteiger partial charge < -0.3 is 5.11 Å². The summed E-state index contributed by atoms with van der Waals surface area (Å²) in [6.45, 7) is 4.19. The maximum Gasteiger partial charge on any atom is 0.242 e. The summed E-state index contributed by atoms with van der Waals surface area (Å²) in [5, 5.41) is 9.29. The first kappa shape index (κ1) is 16.7. The van der Waals surface area contributed by atoms with Crippen LogP contribution in [0.5, 0.6) is 0 Å². The fourth-order valence-corrected chi connectivity index (χ4v) is 4.30. The molecule has 1 saturated heterocycles. The number of likely N-dealkylation sites (tertiary alicyclic amines) is 1. The molecule has 118 valence electrons. The van der Waals surface area contributed by atoms with Gasteiger partial charge in [-0.25, -0.2) is 13.1 Å². The predicted molar refractivity (Wildman–Crippen MR) is 82.8 cm³/mol.